The predicted octanol–water partition coefficient (Wildman–Crippen LogP) is 1.89. The van der Waals surface area contributed by atoms with Crippen molar-refractivity contribution >= 4 is 11.7 Å². The number of ketones is 1. The van der Waals surface area contributed by atoms with Gasteiger partial charge in [-0.1, -0.05) is 17.7 Å². The van der Waals surface area contributed by atoms with Crippen molar-refractivity contribution in [1.29, 1.82) is 0 Å². The Morgan fingerprint density at radius 2 is 1.96 bits per heavy atom. The van der Waals surface area contributed by atoms with Gasteiger partial charge in [0, 0.05) is 19.8 Å². The normalized spacial score (nSPS) is 10.3. The molecule has 1 aromatic carbocycles. The average Bonchev–Trinajstić information content (AvgIpc) is 2.98. The van der Waals surface area contributed by atoms with Crippen LogP contribution in [0.2, 0.25) is 0 Å². The molecule has 0 bridgehead atoms. The molecule has 2 rings (SSSR count). The number of hydrogen-bond acceptors (Lipinski definition) is 4. The number of aromatic nitrogens is 2. The topological polar surface area (TPSA) is 73.2 Å². The summed E-state index contributed by atoms with van der Waals surface area (Å²) in [5.74, 6) is -0.321. The Morgan fingerprint density at radius 3 is 2.61 bits per heavy atom. The molecular weight excluding hydrogens is 294 g/mol. The zero-order chi connectivity index (χ0) is 16.7. The lowest BCUT2D eigenvalue weighted by Gasteiger charge is -2.07. The summed E-state index contributed by atoms with van der Waals surface area (Å²) >= 11 is 0. The fourth-order valence-electron chi connectivity index (χ4n) is 2.00. The Kier molecular flexibility index (Phi) is 5.91. The third-order valence-corrected chi connectivity index (χ3v) is 3.32. The molecule has 0 saturated heterocycles. The van der Waals surface area contributed by atoms with Crippen molar-refractivity contribution in [2.45, 2.75) is 19.8 Å². The van der Waals surface area contributed by atoms with Gasteiger partial charge in [0.15, 0.2) is 0 Å². The fourth-order valence-corrected chi connectivity index (χ4v) is 2.00. The van der Waals surface area contributed by atoms with Crippen LogP contribution in [0.25, 0.3) is 0 Å². The minimum absolute atomic E-state index is 0.299. The van der Waals surface area contributed by atoms with Crippen molar-refractivity contribution in [3.8, 4) is 5.75 Å². The van der Waals surface area contributed by atoms with E-state index in [1.807, 2.05) is 31.2 Å². The molecule has 0 unspecified atom stereocenters. The number of carbonyl (C=O) groups is 2. The second-order valence-electron chi connectivity index (χ2n) is 5.36. The summed E-state index contributed by atoms with van der Waals surface area (Å²) in [6.45, 7) is 3.05. The zero-order valence-electron chi connectivity index (χ0n) is 13.4. The molecule has 1 amide bonds. The van der Waals surface area contributed by atoms with E-state index in [9.17, 15) is 9.59 Å². The third kappa shape index (κ3) is 5.25. The van der Waals surface area contributed by atoms with Crippen LogP contribution in [-0.2, 0) is 11.8 Å². The highest BCUT2D eigenvalue weighted by Gasteiger charge is 2.16. The van der Waals surface area contributed by atoms with Gasteiger partial charge in [0.2, 0.25) is 0 Å². The van der Waals surface area contributed by atoms with Crippen LogP contribution in [0, 0.1) is 6.92 Å². The molecule has 0 aliphatic rings. The smallest absolute Gasteiger partial charge is 0.292 e. The maximum Gasteiger partial charge on any atom is 0.292 e. The van der Waals surface area contributed by atoms with Crippen LogP contribution in [0.5, 0.6) is 5.75 Å². The molecule has 122 valence electrons. The van der Waals surface area contributed by atoms with E-state index in [0.717, 1.165) is 18.6 Å². The molecule has 2 aromatic rings. The maximum atomic E-state index is 11.8. The molecule has 1 heterocycles. The van der Waals surface area contributed by atoms with E-state index >= 15 is 0 Å². The number of benzene rings is 1. The van der Waals surface area contributed by atoms with Crippen molar-refractivity contribution < 1.29 is 14.3 Å². The molecule has 1 N–H and O–H groups in total. The van der Waals surface area contributed by atoms with E-state index in [1.54, 1.807) is 7.05 Å². The zero-order valence-corrected chi connectivity index (χ0v) is 13.4. The highest BCUT2D eigenvalue weighted by atomic mass is 16.5. The molecule has 23 heavy (non-hydrogen) atoms. The number of unbranched alkanes of at least 4 members (excludes halogenated alkanes) is 1. The highest BCUT2D eigenvalue weighted by Crippen LogP contribution is 2.11. The molecule has 0 spiro atoms. The van der Waals surface area contributed by atoms with Gasteiger partial charge in [0.05, 0.1) is 18.4 Å². The first-order chi connectivity index (χ1) is 11.1. The lowest BCUT2D eigenvalue weighted by Crippen LogP contribution is -2.31. The lowest BCUT2D eigenvalue weighted by molar-refractivity contribution is -0.117. The number of nitrogens with one attached hydrogen (secondary N) is 1. The van der Waals surface area contributed by atoms with Crippen LogP contribution in [0.1, 0.15) is 28.8 Å². The van der Waals surface area contributed by atoms with Crippen LogP contribution >= 0.6 is 0 Å². The summed E-state index contributed by atoms with van der Waals surface area (Å²) in [6, 6.07) is 7.87. The Labute approximate surface area is 135 Å². The summed E-state index contributed by atoms with van der Waals surface area (Å²) in [6.07, 6.45) is 4.46. The largest absolute Gasteiger partial charge is 0.494 e. The number of aryl methyl sites for hydroxylation is 2. The molecule has 1 aromatic heterocycles. The Bertz CT molecular complexity index is 662. The van der Waals surface area contributed by atoms with Crippen LogP contribution in [0.15, 0.2) is 36.7 Å². The molecule has 6 heteroatoms. The monoisotopic (exact) mass is 315 g/mol. The second-order valence-corrected chi connectivity index (χ2v) is 5.36. The Morgan fingerprint density at radius 1 is 1.22 bits per heavy atom. The minimum atomic E-state index is -0.600. The molecule has 0 atom stereocenters. The van der Waals surface area contributed by atoms with Crippen LogP contribution in [-0.4, -0.2) is 34.6 Å². The van der Waals surface area contributed by atoms with Crippen LogP contribution < -0.4 is 10.1 Å². The van der Waals surface area contributed by atoms with Gasteiger partial charge < -0.3 is 10.1 Å². The summed E-state index contributed by atoms with van der Waals surface area (Å²) in [7, 11) is 1.70. The van der Waals surface area contributed by atoms with Gasteiger partial charge in [0.1, 0.15) is 5.75 Å². The SMILES string of the molecule is Cc1ccc(OCCCCNC(=O)C(=O)c2cnn(C)c2)cc1. The maximum absolute atomic E-state index is 11.8. The number of nitrogens with zero attached hydrogens (tertiary/aromatic N) is 2. The standard InChI is InChI=1S/C17H21N3O3/c1-13-5-7-15(8-6-13)23-10-4-3-9-18-17(22)16(21)14-11-19-20(2)12-14/h5-8,11-12H,3-4,9-10H2,1-2H3,(H,18,22). The molecule has 0 aliphatic heterocycles. The van der Waals surface area contributed by atoms with Crippen molar-refractivity contribution in [3.05, 3.63) is 47.8 Å². The molecular formula is C17H21N3O3. The van der Waals surface area contributed by atoms with Crippen molar-refractivity contribution in [2.24, 2.45) is 7.05 Å². The number of rotatable bonds is 8. The number of hydrogen-bond donors (Lipinski definition) is 1. The van der Waals surface area contributed by atoms with Gasteiger partial charge in [-0.2, -0.15) is 5.10 Å². The van der Waals surface area contributed by atoms with Gasteiger partial charge in [0.25, 0.3) is 11.7 Å². The molecule has 0 radical (unpaired) electrons. The Hall–Kier alpha value is -2.63. The summed E-state index contributed by atoms with van der Waals surface area (Å²) in [4.78, 5) is 23.5. The summed E-state index contributed by atoms with van der Waals surface area (Å²) in [5, 5.41) is 6.49. The second kappa shape index (κ2) is 8.12. The van der Waals surface area contributed by atoms with E-state index in [1.165, 1.54) is 22.6 Å². The van der Waals surface area contributed by atoms with Gasteiger partial charge in [-0.15, -0.1) is 0 Å². The number of carbonyl (C=O) groups excluding carboxylic acids is 2. The van der Waals surface area contributed by atoms with Crippen LogP contribution in [0.4, 0.5) is 0 Å². The van der Waals surface area contributed by atoms with Crippen LogP contribution in [0.3, 0.4) is 0 Å². The average molecular weight is 315 g/mol. The molecule has 0 fully saturated rings. The first-order valence-corrected chi connectivity index (χ1v) is 7.57. The van der Waals surface area contributed by atoms with E-state index in [4.69, 9.17) is 4.74 Å². The van der Waals surface area contributed by atoms with E-state index in [0.29, 0.717) is 18.7 Å². The summed E-state index contributed by atoms with van der Waals surface area (Å²) in [5.41, 5.74) is 1.49. The van der Waals surface area contributed by atoms with Crippen molar-refractivity contribution in [3.63, 3.8) is 0 Å². The first kappa shape index (κ1) is 16.7. The van der Waals surface area contributed by atoms with Crippen molar-refractivity contribution in [1.82, 2.24) is 15.1 Å². The van der Waals surface area contributed by atoms with Crippen molar-refractivity contribution in [2.75, 3.05) is 13.2 Å². The highest BCUT2D eigenvalue weighted by molar-refractivity contribution is 6.42. The number of ether oxygens (including phenoxy) is 1. The molecule has 0 saturated carbocycles. The molecule has 6 nitrogen and oxygen atoms in total. The third-order valence-electron chi connectivity index (χ3n) is 3.32. The minimum Gasteiger partial charge on any atom is -0.494 e. The quantitative estimate of drug-likeness (QED) is 0.459. The Balaban J connectivity index is 1.60. The first-order valence-electron chi connectivity index (χ1n) is 7.57. The van der Waals surface area contributed by atoms with E-state index in [-0.39, 0.29) is 0 Å². The van der Waals surface area contributed by atoms with E-state index < -0.39 is 11.7 Å². The molecule has 0 aliphatic carbocycles. The van der Waals surface area contributed by atoms with Gasteiger partial charge >= 0.3 is 0 Å². The van der Waals surface area contributed by atoms with Gasteiger partial charge in [-0.25, -0.2) is 0 Å². The number of amides is 1. The predicted molar refractivity (Wildman–Crippen MR) is 86.5 cm³/mol. The van der Waals surface area contributed by atoms with Gasteiger partial charge in [-0.3, -0.25) is 14.3 Å². The van der Waals surface area contributed by atoms with Gasteiger partial charge in [-0.05, 0) is 31.9 Å². The fraction of sp³-hybridized carbons (Fsp3) is 0.353. The summed E-state index contributed by atoms with van der Waals surface area (Å²) < 4.78 is 7.09. The number of Topliss-reactive ketones (excluding diaryl/α,β-unsaturated/α-hetero) is 1. The lowest BCUT2D eigenvalue weighted by atomic mass is 10.2. The van der Waals surface area contributed by atoms with E-state index in [2.05, 4.69) is 10.4 Å².